The lowest BCUT2D eigenvalue weighted by atomic mass is 10.2. The number of carbonyl (C=O) groups is 1. The molecule has 1 aliphatic rings. The molecule has 8 heteroatoms. The van der Waals surface area contributed by atoms with E-state index in [2.05, 4.69) is 30.0 Å². The molecular formula is C14H14N6OS. The summed E-state index contributed by atoms with van der Waals surface area (Å²) >= 11 is 1.47. The first-order valence-electron chi connectivity index (χ1n) is 7.10. The molecule has 4 rings (SSSR count). The van der Waals surface area contributed by atoms with E-state index in [1.807, 2.05) is 6.92 Å². The third kappa shape index (κ3) is 2.45. The first-order chi connectivity index (χ1) is 10.7. The molecule has 1 N–H and O–H groups in total. The smallest absolute Gasteiger partial charge is 0.253 e. The highest BCUT2D eigenvalue weighted by Gasteiger charge is 2.25. The largest absolute Gasteiger partial charge is 0.345 e. The minimum Gasteiger partial charge on any atom is -0.345 e. The van der Waals surface area contributed by atoms with Crippen LogP contribution in [0.4, 0.5) is 0 Å². The lowest BCUT2D eigenvalue weighted by Crippen LogP contribution is -2.22. The van der Waals surface area contributed by atoms with Gasteiger partial charge in [0.1, 0.15) is 15.5 Å². The van der Waals surface area contributed by atoms with E-state index in [9.17, 15) is 4.79 Å². The fourth-order valence-corrected chi connectivity index (χ4v) is 2.98. The third-order valence-corrected chi connectivity index (χ3v) is 4.42. The topological polar surface area (TPSA) is 85.6 Å². The fraction of sp³-hybridized carbons (Fsp3) is 0.357. The molecule has 22 heavy (non-hydrogen) atoms. The van der Waals surface area contributed by atoms with Gasteiger partial charge in [-0.2, -0.15) is 0 Å². The normalized spacial score (nSPS) is 14.4. The zero-order chi connectivity index (χ0) is 15.1. The molecule has 1 aliphatic carbocycles. The second-order valence-corrected chi connectivity index (χ2v) is 6.61. The SMILES string of the molecule is Cc1nnc(CNC(=O)c2cnc3c(c2)ncn3C2CC2)s1. The number of nitrogens with zero attached hydrogens (tertiary/aromatic N) is 5. The number of imidazole rings is 1. The first kappa shape index (κ1) is 13.3. The fourth-order valence-electron chi connectivity index (χ4n) is 2.33. The summed E-state index contributed by atoms with van der Waals surface area (Å²) in [6.45, 7) is 2.26. The quantitative estimate of drug-likeness (QED) is 0.794. The second-order valence-electron chi connectivity index (χ2n) is 5.35. The van der Waals surface area contributed by atoms with Crippen molar-refractivity contribution in [1.82, 2.24) is 30.0 Å². The van der Waals surface area contributed by atoms with Gasteiger partial charge in [-0.05, 0) is 25.8 Å². The molecule has 1 saturated carbocycles. The minimum absolute atomic E-state index is 0.178. The number of carbonyl (C=O) groups excluding carboxylic acids is 1. The maximum Gasteiger partial charge on any atom is 0.253 e. The van der Waals surface area contributed by atoms with Crippen molar-refractivity contribution in [2.24, 2.45) is 0 Å². The zero-order valence-corrected chi connectivity index (χ0v) is 12.8. The summed E-state index contributed by atoms with van der Waals surface area (Å²) in [5.74, 6) is -0.178. The molecule has 0 bridgehead atoms. The Hall–Kier alpha value is -2.35. The minimum atomic E-state index is -0.178. The van der Waals surface area contributed by atoms with Gasteiger partial charge in [-0.15, -0.1) is 10.2 Å². The van der Waals surface area contributed by atoms with Crippen molar-refractivity contribution in [2.45, 2.75) is 32.4 Å². The number of hydrogen-bond donors (Lipinski definition) is 1. The predicted molar refractivity (Wildman–Crippen MR) is 81.6 cm³/mol. The van der Waals surface area contributed by atoms with Crippen molar-refractivity contribution in [2.75, 3.05) is 0 Å². The zero-order valence-electron chi connectivity index (χ0n) is 12.0. The van der Waals surface area contributed by atoms with E-state index in [1.165, 1.54) is 24.2 Å². The van der Waals surface area contributed by atoms with Crippen molar-refractivity contribution >= 4 is 28.4 Å². The molecule has 1 fully saturated rings. The van der Waals surface area contributed by atoms with Crippen LogP contribution in [-0.2, 0) is 6.54 Å². The Labute approximate surface area is 130 Å². The van der Waals surface area contributed by atoms with Gasteiger partial charge in [0, 0.05) is 12.2 Å². The summed E-state index contributed by atoms with van der Waals surface area (Å²) in [5, 5.41) is 12.4. The monoisotopic (exact) mass is 314 g/mol. The van der Waals surface area contributed by atoms with Gasteiger partial charge in [-0.3, -0.25) is 4.79 Å². The standard InChI is InChI=1S/C14H14N6OS/c1-8-18-19-12(22-8)6-16-14(21)9-4-11-13(15-5-9)20(7-17-11)10-2-3-10/h4-5,7,10H,2-3,6H2,1H3,(H,16,21). The van der Waals surface area contributed by atoms with E-state index < -0.39 is 0 Å². The van der Waals surface area contributed by atoms with Crippen LogP contribution in [0.25, 0.3) is 11.2 Å². The van der Waals surface area contributed by atoms with Gasteiger partial charge in [0.2, 0.25) is 0 Å². The van der Waals surface area contributed by atoms with Crippen LogP contribution >= 0.6 is 11.3 Å². The number of aryl methyl sites for hydroxylation is 1. The molecule has 0 spiro atoms. The van der Waals surface area contributed by atoms with Crippen LogP contribution in [0.15, 0.2) is 18.6 Å². The maximum absolute atomic E-state index is 12.2. The highest BCUT2D eigenvalue weighted by Crippen LogP contribution is 2.36. The Morgan fingerprint density at radius 3 is 3.00 bits per heavy atom. The third-order valence-electron chi connectivity index (χ3n) is 3.58. The van der Waals surface area contributed by atoms with Gasteiger partial charge < -0.3 is 9.88 Å². The molecule has 3 heterocycles. The number of nitrogens with one attached hydrogen (secondary N) is 1. The summed E-state index contributed by atoms with van der Waals surface area (Å²) in [4.78, 5) is 20.9. The first-order valence-corrected chi connectivity index (χ1v) is 7.92. The summed E-state index contributed by atoms with van der Waals surface area (Å²) in [5.41, 5.74) is 2.11. The van der Waals surface area contributed by atoms with Crippen molar-refractivity contribution in [3.63, 3.8) is 0 Å². The van der Waals surface area contributed by atoms with E-state index in [0.717, 1.165) is 21.2 Å². The molecule has 3 aromatic heterocycles. The van der Waals surface area contributed by atoms with Gasteiger partial charge in [0.25, 0.3) is 5.91 Å². The van der Waals surface area contributed by atoms with E-state index in [-0.39, 0.29) is 5.91 Å². The lowest BCUT2D eigenvalue weighted by molar-refractivity contribution is 0.0950. The Balaban J connectivity index is 1.51. The number of amides is 1. The summed E-state index contributed by atoms with van der Waals surface area (Å²) < 4.78 is 2.08. The van der Waals surface area contributed by atoms with Crippen molar-refractivity contribution in [3.8, 4) is 0 Å². The van der Waals surface area contributed by atoms with Crippen molar-refractivity contribution < 1.29 is 4.79 Å². The van der Waals surface area contributed by atoms with Crippen LogP contribution in [-0.4, -0.2) is 30.6 Å². The molecule has 0 saturated heterocycles. The number of fused-ring (bicyclic) bond motifs is 1. The number of hydrogen-bond acceptors (Lipinski definition) is 6. The molecule has 0 aliphatic heterocycles. The summed E-state index contributed by atoms with van der Waals surface area (Å²) in [6.07, 6.45) is 5.76. The molecule has 0 atom stereocenters. The maximum atomic E-state index is 12.2. The van der Waals surface area contributed by atoms with Gasteiger partial charge in [-0.25, -0.2) is 9.97 Å². The van der Waals surface area contributed by atoms with Crippen molar-refractivity contribution in [3.05, 3.63) is 34.2 Å². The van der Waals surface area contributed by atoms with Gasteiger partial charge in [-0.1, -0.05) is 11.3 Å². The van der Waals surface area contributed by atoms with Crippen LogP contribution in [0.2, 0.25) is 0 Å². The van der Waals surface area contributed by atoms with E-state index in [1.54, 1.807) is 18.6 Å². The van der Waals surface area contributed by atoms with Crippen LogP contribution in [0.3, 0.4) is 0 Å². The molecule has 1 amide bonds. The van der Waals surface area contributed by atoms with E-state index in [0.29, 0.717) is 18.2 Å². The molecule has 0 aromatic carbocycles. The average Bonchev–Trinajstić information content (AvgIpc) is 3.14. The van der Waals surface area contributed by atoms with Gasteiger partial charge >= 0.3 is 0 Å². The lowest BCUT2D eigenvalue weighted by Gasteiger charge is -2.03. The number of pyridine rings is 1. The number of aromatic nitrogens is 5. The average molecular weight is 314 g/mol. The summed E-state index contributed by atoms with van der Waals surface area (Å²) in [6, 6.07) is 2.31. The predicted octanol–water partition coefficient (Wildman–Crippen LogP) is 1.86. The van der Waals surface area contributed by atoms with Crippen LogP contribution < -0.4 is 5.32 Å². The molecule has 112 valence electrons. The molecule has 7 nitrogen and oxygen atoms in total. The molecular weight excluding hydrogens is 300 g/mol. The Morgan fingerprint density at radius 1 is 1.41 bits per heavy atom. The Kier molecular flexibility index (Phi) is 3.11. The van der Waals surface area contributed by atoms with Crippen molar-refractivity contribution in [1.29, 1.82) is 0 Å². The Morgan fingerprint density at radius 2 is 2.27 bits per heavy atom. The van der Waals surface area contributed by atoms with E-state index >= 15 is 0 Å². The van der Waals surface area contributed by atoms with E-state index in [4.69, 9.17) is 0 Å². The van der Waals surface area contributed by atoms with Crippen LogP contribution in [0.5, 0.6) is 0 Å². The van der Waals surface area contributed by atoms with Gasteiger partial charge in [0.05, 0.1) is 18.4 Å². The van der Waals surface area contributed by atoms with Crippen LogP contribution in [0, 0.1) is 6.92 Å². The second kappa shape index (κ2) is 5.13. The molecule has 0 unspecified atom stereocenters. The highest BCUT2D eigenvalue weighted by atomic mass is 32.1. The Bertz CT molecular complexity index is 850. The van der Waals surface area contributed by atoms with Crippen LogP contribution in [0.1, 0.15) is 39.3 Å². The molecule has 0 radical (unpaired) electrons. The summed E-state index contributed by atoms with van der Waals surface area (Å²) in [7, 11) is 0. The highest BCUT2D eigenvalue weighted by molar-refractivity contribution is 7.11. The van der Waals surface area contributed by atoms with Gasteiger partial charge in [0.15, 0.2) is 5.65 Å². The molecule has 3 aromatic rings. The number of rotatable bonds is 4.